The molecule has 0 spiro atoms. The maximum atomic E-state index is 12.2. The predicted molar refractivity (Wildman–Crippen MR) is 83.2 cm³/mol. The zero-order valence-corrected chi connectivity index (χ0v) is 12.0. The zero-order valence-electron chi connectivity index (χ0n) is 12.0. The van der Waals surface area contributed by atoms with E-state index in [0.717, 1.165) is 37.9 Å². The minimum absolute atomic E-state index is 0.123. The molecule has 0 radical (unpaired) electrons. The summed E-state index contributed by atoms with van der Waals surface area (Å²) in [6.07, 6.45) is 5.10. The van der Waals surface area contributed by atoms with Crippen LogP contribution in [-0.4, -0.2) is 30.0 Å². The third-order valence-electron chi connectivity index (χ3n) is 4.45. The zero-order chi connectivity index (χ0) is 14.2. The van der Waals surface area contributed by atoms with Gasteiger partial charge in [-0.05, 0) is 31.4 Å². The number of nitrogens with one attached hydrogen (secondary N) is 1. The molecule has 1 saturated heterocycles. The van der Waals surface area contributed by atoms with Crippen LogP contribution in [0.3, 0.4) is 0 Å². The Kier molecular flexibility index (Phi) is 3.02. The molecule has 21 heavy (non-hydrogen) atoms. The van der Waals surface area contributed by atoms with Gasteiger partial charge in [-0.1, -0.05) is 18.2 Å². The Bertz CT molecular complexity index is 675. The minimum atomic E-state index is 0.123. The highest BCUT2D eigenvalue weighted by Crippen LogP contribution is 2.30. The number of hydrogen-bond acceptors (Lipinski definition) is 3. The van der Waals surface area contributed by atoms with Crippen LogP contribution in [0, 0.1) is 5.92 Å². The standard InChI is InChI=1S/C17H19N3O/c21-17(19-13-5-6-13)12-8-10-20(11-12)16-7-9-18-15-4-2-1-3-14(15)16/h1-4,7,9,12-13H,5-6,8,10-11H2,(H,19,21). The molecular formula is C17H19N3O. The Morgan fingerprint density at radius 3 is 2.90 bits per heavy atom. The van der Waals surface area contributed by atoms with Crippen molar-refractivity contribution in [3.63, 3.8) is 0 Å². The lowest BCUT2D eigenvalue weighted by Crippen LogP contribution is -2.34. The Morgan fingerprint density at radius 1 is 1.19 bits per heavy atom. The summed E-state index contributed by atoms with van der Waals surface area (Å²) in [5.74, 6) is 0.357. The highest BCUT2D eigenvalue weighted by Gasteiger charge is 2.32. The van der Waals surface area contributed by atoms with Crippen molar-refractivity contribution in [2.75, 3.05) is 18.0 Å². The molecular weight excluding hydrogens is 262 g/mol. The highest BCUT2D eigenvalue weighted by atomic mass is 16.2. The molecule has 1 atom stereocenters. The molecule has 1 aliphatic carbocycles. The maximum absolute atomic E-state index is 12.2. The van der Waals surface area contributed by atoms with E-state index in [1.165, 1.54) is 11.1 Å². The monoisotopic (exact) mass is 281 g/mol. The normalized spacial score (nSPS) is 21.7. The number of fused-ring (bicyclic) bond motifs is 1. The molecule has 1 unspecified atom stereocenters. The van der Waals surface area contributed by atoms with Gasteiger partial charge >= 0.3 is 0 Å². The van der Waals surface area contributed by atoms with Gasteiger partial charge in [0.2, 0.25) is 5.91 Å². The SMILES string of the molecule is O=C(NC1CC1)C1CCN(c2ccnc3ccccc23)C1. The average molecular weight is 281 g/mol. The minimum Gasteiger partial charge on any atom is -0.370 e. The van der Waals surface area contributed by atoms with Crippen molar-refractivity contribution >= 4 is 22.5 Å². The molecule has 1 aliphatic heterocycles. The lowest BCUT2D eigenvalue weighted by atomic mass is 10.1. The number of amides is 1. The van der Waals surface area contributed by atoms with Crippen LogP contribution in [0.5, 0.6) is 0 Å². The second kappa shape index (κ2) is 5.02. The maximum Gasteiger partial charge on any atom is 0.225 e. The van der Waals surface area contributed by atoms with Crippen LogP contribution >= 0.6 is 0 Å². The van der Waals surface area contributed by atoms with Crippen LogP contribution in [-0.2, 0) is 4.79 Å². The van der Waals surface area contributed by atoms with Crippen molar-refractivity contribution in [2.45, 2.75) is 25.3 Å². The molecule has 4 nitrogen and oxygen atoms in total. The number of nitrogens with zero attached hydrogens (tertiary/aromatic N) is 2. The summed E-state index contributed by atoms with van der Waals surface area (Å²) in [5.41, 5.74) is 2.21. The molecule has 2 fully saturated rings. The molecule has 1 N–H and O–H groups in total. The molecule has 1 saturated carbocycles. The number of pyridine rings is 1. The van der Waals surface area contributed by atoms with Crippen LogP contribution in [0.4, 0.5) is 5.69 Å². The number of carbonyl (C=O) groups excluding carboxylic acids is 1. The molecule has 2 aliphatic rings. The topological polar surface area (TPSA) is 45.2 Å². The first-order valence-electron chi connectivity index (χ1n) is 7.70. The van der Waals surface area contributed by atoms with E-state index in [2.05, 4.69) is 27.3 Å². The number of rotatable bonds is 3. The largest absolute Gasteiger partial charge is 0.370 e. The van der Waals surface area contributed by atoms with Gasteiger partial charge in [0, 0.05) is 36.4 Å². The van der Waals surface area contributed by atoms with E-state index >= 15 is 0 Å². The smallest absolute Gasteiger partial charge is 0.225 e. The first kappa shape index (κ1) is 12.6. The summed E-state index contributed by atoms with van der Waals surface area (Å²) < 4.78 is 0. The Hall–Kier alpha value is -2.10. The van der Waals surface area contributed by atoms with Gasteiger partial charge in [0.15, 0.2) is 0 Å². The quantitative estimate of drug-likeness (QED) is 0.939. The van der Waals surface area contributed by atoms with Crippen LogP contribution < -0.4 is 10.2 Å². The van der Waals surface area contributed by atoms with Crippen LogP contribution in [0.1, 0.15) is 19.3 Å². The van der Waals surface area contributed by atoms with Gasteiger partial charge in [-0.25, -0.2) is 0 Å². The molecule has 2 heterocycles. The molecule has 4 rings (SSSR count). The summed E-state index contributed by atoms with van der Waals surface area (Å²) in [6, 6.07) is 10.7. The lowest BCUT2D eigenvalue weighted by molar-refractivity contribution is -0.124. The van der Waals surface area contributed by atoms with Crippen LogP contribution in [0.15, 0.2) is 36.5 Å². The van der Waals surface area contributed by atoms with Crippen molar-refractivity contribution in [2.24, 2.45) is 5.92 Å². The van der Waals surface area contributed by atoms with E-state index in [9.17, 15) is 4.79 Å². The summed E-state index contributed by atoms with van der Waals surface area (Å²) >= 11 is 0. The Balaban J connectivity index is 1.55. The molecule has 1 aromatic carbocycles. The first-order chi connectivity index (χ1) is 10.3. The number of carbonyl (C=O) groups is 1. The van der Waals surface area contributed by atoms with Crippen molar-refractivity contribution < 1.29 is 4.79 Å². The highest BCUT2D eigenvalue weighted by molar-refractivity contribution is 5.92. The second-order valence-corrected chi connectivity index (χ2v) is 6.06. The van der Waals surface area contributed by atoms with E-state index in [4.69, 9.17) is 0 Å². The van der Waals surface area contributed by atoms with E-state index in [1.807, 2.05) is 24.4 Å². The van der Waals surface area contributed by atoms with E-state index in [-0.39, 0.29) is 11.8 Å². The summed E-state index contributed by atoms with van der Waals surface area (Å²) in [5, 5.41) is 4.30. The van der Waals surface area contributed by atoms with Crippen molar-refractivity contribution in [1.82, 2.24) is 10.3 Å². The molecule has 1 amide bonds. The third kappa shape index (κ3) is 2.46. The Morgan fingerprint density at radius 2 is 2.05 bits per heavy atom. The number of para-hydroxylation sites is 1. The number of anilines is 1. The van der Waals surface area contributed by atoms with E-state index in [1.54, 1.807) is 0 Å². The third-order valence-corrected chi connectivity index (χ3v) is 4.45. The molecule has 2 aromatic rings. The summed E-state index contributed by atoms with van der Waals surface area (Å²) in [6.45, 7) is 1.75. The number of benzene rings is 1. The van der Waals surface area contributed by atoms with Crippen molar-refractivity contribution in [3.05, 3.63) is 36.5 Å². The van der Waals surface area contributed by atoms with Gasteiger partial charge in [-0.3, -0.25) is 9.78 Å². The fraction of sp³-hybridized carbons (Fsp3) is 0.412. The van der Waals surface area contributed by atoms with Gasteiger partial charge in [-0.2, -0.15) is 0 Å². The van der Waals surface area contributed by atoms with Crippen LogP contribution in [0.2, 0.25) is 0 Å². The Labute approximate surface area is 124 Å². The van der Waals surface area contributed by atoms with Gasteiger partial charge in [0.25, 0.3) is 0 Å². The van der Waals surface area contributed by atoms with E-state index < -0.39 is 0 Å². The second-order valence-electron chi connectivity index (χ2n) is 6.06. The molecule has 1 aromatic heterocycles. The van der Waals surface area contributed by atoms with Gasteiger partial charge < -0.3 is 10.2 Å². The molecule has 108 valence electrons. The average Bonchev–Trinajstić information content (AvgIpc) is 3.19. The fourth-order valence-electron chi connectivity index (χ4n) is 3.10. The lowest BCUT2D eigenvalue weighted by Gasteiger charge is -2.20. The molecule has 4 heteroatoms. The van der Waals surface area contributed by atoms with E-state index in [0.29, 0.717) is 6.04 Å². The van der Waals surface area contributed by atoms with Gasteiger partial charge in [-0.15, -0.1) is 0 Å². The molecule has 0 bridgehead atoms. The van der Waals surface area contributed by atoms with Gasteiger partial charge in [0.05, 0.1) is 11.4 Å². The van der Waals surface area contributed by atoms with Crippen molar-refractivity contribution in [3.8, 4) is 0 Å². The predicted octanol–water partition coefficient (Wildman–Crippen LogP) is 2.34. The number of hydrogen-bond donors (Lipinski definition) is 1. The summed E-state index contributed by atoms with van der Waals surface area (Å²) in [4.78, 5) is 18.9. The summed E-state index contributed by atoms with van der Waals surface area (Å²) in [7, 11) is 0. The number of aromatic nitrogens is 1. The van der Waals surface area contributed by atoms with Gasteiger partial charge in [0.1, 0.15) is 0 Å². The fourth-order valence-corrected chi connectivity index (χ4v) is 3.10. The van der Waals surface area contributed by atoms with Crippen LogP contribution in [0.25, 0.3) is 10.9 Å². The van der Waals surface area contributed by atoms with Crippen molar-refractivity contribution in [1.29, 1.82) is 0 Å². The first-order valence-corrected chi connectivity index (χ1v) is 7.70.